The smallest absolute Gasteiger partial charge is 0.417 e. The molecule has 0 saturated heterocycles. The lowest BCUT2D eigenvalue weighted by Crippen LogP contribution is -2.08. The van der Waals surface area contributed by atoms with Gasteiger partial charge in [-0.05, 0) is 63.6 Å². The number of esters is 1. The number of nitriles is 1. The zero-order valence-electron chi connectivity index (χ0n) is 18.2. The van der Waals surface area contributed by atoms with Crippen LogP contribution >= 0.6 is 11.6 Å². The Bertz CT molecular complexity index is 1280. The van der Waals surface area contributed by atoms with Crippen LogP contribution in [0.1, 0.15) is 39.5 Å². The highest BCUT2D eigenvalue weighted by Gasteiger charge is 2.33. The van der Waals surface area contributed by atoms with E-state index < -0.39 is 22.7 Å². The minimum absolute atomic E-state index is 0.108. The molecule has 2 heterocycles. The maximum absolute atomic E-state index is 13.3. The van der Waals surface area contributed by atoms with Gasteiger partial charge in [0, 0.05) is 17.1 Å². The molecule has 0 spiro atoms. The molecule has 1 aromatic carbocycles. The van der Waals surface area contributed by atoms with Crippen molar-refractivity contribution >= 4 is 23.6 Å². The predicted molar refractivity (Wildman–Crippen MR) is 115 cm³/mol. The number of aryl methyl sites for hydroxylation is 3. The maximum atomic E-state index is 13.3. The van der Waals surface area contributed by atoms with Crippen LogP contribution in [0.5, 0.6) is 0 Å². The van der Waals surface area contributed by atoms with E-state index in [1.165, 1.54) is 18.2 Å². The number of rotatable bonds is 5. The van der Waals surface area contributed by atoms with Gasteiger partial charge in [-0.25, -0.2) is 4.79 Å². The van der Waals surface area contributed by atoms with Crippen molar-refractivity contribution in [1.82, 2.24) is 9.72 Å². The normalized spacial score (nSPS) is 12.0. The molecule has 33 heavy (non-hydrogen) atoms. The average molecular weight is 478 g/mol. The van der Waals surface area contributed by atoms with Crippen molar-refractivity contribution in [1.29, 1.82) is 5.26 Å². The molecule has 3 aromatic rings. The summed E-state index contributed by atoms with van der Waals surface area (Å²) in [5, 5.41) is 12.8. The Morgan fingerprint density at radius 3 is 2.55 bits per heavy atom. The first kappa shape index (κ1) is 24.1. The van der Waals surface area contributed by atoms with Gasteiger partial charge in [-0.2, -0.15) is 18.4 Å². The summed E-state index contributed by atoms with van der Waals surface area (Å²) in [5.74, 6) is -0.333. The van der Waals surface area contributed by atoms with Crippen molar-refractivity contribution in [2.24, 2.45) is 0 Å². The number of alkyl halides is 3. The standard InChI is InChI=1S/C23H19ClF3N3O3/c1-12-7-16(8-17(10-28)22(31)32-11-19-13(2)29-33-15(19)4)14(3)30(12)18-5-6-21(24)20(9-18)23(25,26)27/h5-9H,11H2,1-4H3. The van der Waals surface area contributed by atoms with Crippen LogP contribution < -0.4 is 0 Å². The highest BCUT2D eigenvalue weighted by atomic mass is 35.5. The fraction of sp³-hybridized carbons (Fsp3) is 0.261. The maximum Gasteiger partial charge on any atom is 0.417 e. The van der Waals surface area contributed by atoms with E-state index in [1.54, 1.807) is 38.3 Å². The van der Waals surface area contributed by atoms with Crippen molar-refractivity contribution in [2.75, 3.05) is 0 Å². The van der Waals surface area contributed by atoms with E-state index in [4.69, 9.17) is 20.9 Å². The molecule has 0 atom stereocenters. The number of hydrogen-bond acceptors (Lipinski definition) is 5. The number of benzene rings is 1. The fourth-order valence-electron chi connectivity index (χ4n) is 3.42. The van der Waals surface area contributed by atoms with E-state index in [1.807, 2.05) is 6.07 Å². The van der Waals surface area contributed by atoms with Gasteiger partial charge in [0.25, 0.3) is 0 Å². The summed E-state index contributed by atoms with van der Waals surface area (Å²) < 4.78 is 51.7. The molecule has 0 aliphatic carbocycles. The molecule has 0 aliphatic rings. The molecule has 0 bridgehead atoms. The van der Waals surface area contributed by atoms with Gasteiger partial charge >= 0.3 is 12.1 Å². The van der Waals surface area contributed by atoms with Gasteiger partial charge in [0.15, 0.2) is 0 Å². The first-order valence-electron chi connectivity index (χ1n) is 9.70. The minimum Gasteiger partial charge on any atom is -0.456 e. The van der Waals surface area contributed by atoms with Crippen molar-refractivity contribution in [3.63, 3.8) is 0 Å². The van der Waals surface area contributed by atoms with Crippen LogP contribution in [-0.4, -0.2) is 15.7 Å². The number of carbonyl (C=O) groups excluding carboxylic acids is 1. The topological polar surface area (TPSA) is 81.1 Å². The number of aromatic nitrogens is 2. The van der Waals surface area contributed by atoms with Crippen LogP contribution in [0.2, 0.25) is 5.02 Å². The summed E-state index contributed by atoms with van der Waals surface area (Å²) in [5.41, 5.74) is 1.86. The van der Waals surface area contributed by atoms with E-state index in [2.05, 4.69) is 5.16 Å². The van der Waals surface area contributed by atoms with E-state index in [0.29, 0.717) is 34.0 Å². The first-order chi connectivity index (χ1) is 15.4. The Hall–Kier alpha value is -3.51. The SMILES string of the molecule is Cc1noc(C)c1COC(=O)C(C#N)=Cc1cc(C)n(-c2ccc(Cl)c(C(F)(F)F)c2)c1C. The molecule has 0 saturated carbocycles. The Labute approximate surface area is 192 Å². The van der Waals surface area contributed by atoms with Crippen LogP contribution in [0.4, 0.5) is 13.2 Å². The molecule has 0 radical (unpaired) electrons. The second kappa shape index (κ2) is 9.16. The molecule has 0 unspecified atom stereocenters. The number of ether oxygens (including phenoxy) is 1. The predicted octanol–water partition coefficient (Wildman–Crippen LogP) is 6.02. The van der Waals surface area contributed by atoms with Crippen molar-refractivity contribution in [2.45, 2.75) is 40.5 Å². The lowest BCUT2D eigenvalue weighted by atomic mass is 10.1. The summed E-state index contributed by atoms with van der Waals surface area (Å²) in [6.45, 7) is 6.65. The van der Waals surface area contributed by atoms with Gasteiger partial charge in [-0.15, -0.1) is 0 Å². The molecule has 0 N–H and O–H groups in total. The van der Waals surface area contributed by atoms with Crippen LogP contribution in [0, 0.1) is 39.0 Å². The third-order valence-electron chi connectivity index (χ3n) is 5.15. The molecule has 0 fully saturated rings. The van der Waals surface area contributed by atoms with Crippen LogP contribution in [0.25, 0.3) is 11.8 Å². The fourth-order valence-corrected chi connectivity index (χ4v) is 3.64. The highest BCUT2D eigenvalue weighted by molar-refractivity contribution is 6.31. The summed E-state index contributed by atoms with van der Waals surface area (Å²) in [6.07, 6.45) is -3.27. The van der Waals surface area contributed by atoms with Gasteiger partial charge in [0.05, 0.1) is 21.8 Å². The van der Waals surface area contributed by atoms with E-state index in [0.717, 1.165) is 6.07 Å². The molecule has 0 aliphatic heterocycles. The second-order valence-corrected chi connectivity index (χ2v) is 7.78. The molecule has 2 aromatic heterocycles. The largest absolute Gasteiger partial charge is 0.456 e. The van der Waals surface area contributed by atoms with Crippen molar-refractivity contribution < 1.29 is 27.2 Å². The van der Waals surface area contributed by atoms with Gasteiger partial charge < -0.3 is 13.8 Å². The molecule has 10 heteroatoms. The summed E-state index contributed by atoms with van der Waals surface area (Å²) in [6, 6.07) is 7.08. The Morgan fingerprint density at radius 2 is 1.97 bits per heavy atom. The Kier molecular flexibility index (Phi) is 6.70. The van der Waals surface area contributed by atoms with Gasteiger partial charge in [0.2, 0.25) is 0 Å². The summed E-state index contributed by atoms with van der Waals surface area (Å²) >= 11 is 5.73. The number of halogens is 4. The van der Waals surface area contributed by atoms with E-state index in [9.17, 15) is 23.2 Å². The Morgan fingerprint density at radius 1 is 1.27 bits per heavy atom. The Balaban J connectivity index is 1.92. The molecule has 6 nitrogen and oxygen atoms in total. The van der Waals surface area contributed by atoms with Gasteiger partial charge in [-0.3, -0.25) is 0 Å². The van der Waals surface area contributed by atoms with Crippen LogP contribution in [-0.2, 0) is 22.3 Å². The van der Waals surface area contributed by atoms with E-state index >= 15 is 0 Å². The number of hydrogen-bond donors (Lipinski definition) is 0. The highest BCUT2D eigenvalue weighted by Crippen LogP contribution is 2.36. The molecular formula is C23H19ClF3N3O3. The minimum atomic E-state index is -4.61. The van der Waals surface area contributed by atoms with Crippen molar-refractivity contribution in [3.8, 4) is 11.8 Å². The third kappa shape index (κ3) is 4.96. The second-order valence-electron chi connectivity index (χ2n) is 7.37. The zero-order chi connectivity index (χ0) is 24.5. The quantitative estimate of drug-likeness (QED) is 0.255. The number of nitrogens with zero attached hydrogens (tertiary/aromatic N) is 3. The van der Waals surface area contributed by atoms with Crippen molar-refractivity contribution in [3.05, 3.63) is 74.4 Å². The summed E-state index contributed by atoms with van der Waals surface area (Å²) in [7, 11) is 0. The average Bonchev–Trinajstić information content (AvgIpc) is 3.21. The third-order valence-corrected chi connectivity index (χ3v) is 5.48. The van der Waals surface area contributed by atoms with Crippen LogP contribution in [0.3, 0.4) is 0 Å². The summed E-state index contributed by atoms with van der Waals surface area (Å²) in [4.78, 5) is 12.5. The zero-order valence-corrected chi connectivity index (χ0v) is 18.9. The molecule has 172 valence electrons. The molecule has 3 rings (SSSR count). The van der Waals surface area contributed by atoms with Gasteiger partial charge in [0.1, 0.15) is 24.0 Å². The van der Waals surface area contributed by atoms with Gasteiger partial charge in [-0.1, -0.05) is 16.8 Å². The van der Waals surface area contributed by atoms with E-state index in [-0.39, 0.29) is 17.9 Å². The number of carbonyl (C=O) groups is 1. The lowest BCUT2D eigenvalue weighted by molar-refractivity contribution is -0.140. The molecule has 0 amide bonds. The van der Waals surface area contributed by atoms with Crippen LogP contribution in [0.15, 0.2) is 34.4 Å². The monoisotopic (exact) mass is 477 g/mol. The first-order valence-corrected chi connectivity index (χ1v) is 10.1. The molecular weight excluding hydrogens is 459 g/mol. The lowest BCUT2D eigenvalue weighted by Gasteiger charge is -2.14.